The van der Waals surface area contributed by atoms with Crippen molar-refractivity contribution in [3.8, 4) is 11.4 Å². The van der Waals surface area contributed by atoms with E-state index in [0.29, 0.717) is 43.8 Å². The van der Waals surface area contributed by atoms with E-state index in [1.165, 1.54) is 12.4 Å². The van der Waals surface area contributed by atoms with Gasteiger partial charge in [-0.2, -0.15) is 0 Å². The first-order valence-electron chi connectivity index (χ1n) is 12.2. The molecule has 0 unspecified atom stereocenters. The Bertz CT molecular complexity index is 1220. The topological polar surface area (TPSA) is 108 Å². The quantitative estimate of drug-likeness (QED) is 0.559. The molecule has 10 nitrogen and oxygen atoms in total. The maximum atomic E-state index is 13.4. The van der Waals surface area contributed by atoms with Gasteiger partial charge in [0.2, 0.25) is 5.95 Å². The summed E-state index contributed by atoms with van der Waals surface area (Å²) in [6.07, 6.45) is 3.10. The molecule has 0 radical (unpaired) electrons. The van der Waals surface area contributed by atoms with Crippen molar-refractivity contribution in [3.63, 3.8) is 0 Å². The first-order valence-corrected chi connectivity index (χ1v) is 12.2. The van der Waals surface area contributed by atoms with Crippen molar-refractivity contribution < 1.29 is 13.9 Å². The highest BCUT2D eigenvalue weighted by Crippen LogP contribution is 2.36. The maximum Gasteiger partial charge on any atom is 0.319 e. The van der Waals surface area contributed by atoms with Gasteiger partial charge in [0.15, 0.2) is 11.6 Å². The minimum absolute atomic E-state index is 0.126. The lowest BCUT2D eigenvalue weighted by atomic mass is 9.98. The fraction of sp³-hybridized carbons (Fsp3) is 0.400. The van der Waals surface area contributed by atoms with Crippen LogP contribution in [0.4, 0.5) is 26.6 Å². The average molecular weight is 493 g/mol. The second-order valence-corrected chi connectivity index (χ2v) is 8.72. The van der Waals surface area contributed by atoms with E-state index in [2.05, 4.69) is 32.4 Å². The minimum atomic E-state index is -0.465. The van der Waals surface area contributed by atoms with Gasteiger partial charge in [-0.05, 0) is 44.5 Å². The number of carbonyl (C=O) groups excluding carboxylic acids is 1. The first kappa shape index (κ1) is 23.9. The van der Waals surface area contributed by atoms with Crippen molar-refractivity contribution in [1.82, 2.24) is 25.3 Å². The van der Waals surface area contributed by atoms with Crippen LogP contribution in [0.25, 0.3) is 11.4 Å². The zero-order valence-electron chi connectivity index (χ0n) is 20.4. The predicted octanol–water partition coefficient (Wildman–Crippen LogP) is 3.17. The molecule has 2 aliphatic heterocycles. The Balaban J connectivity index is 1.51. The molecule has 4 heterocycles. The summed E-state index contributed by atoms with van der Waals surface area (Å²) in [5, 5.41) is 5.53. The SMILES string of the molecule is CCNC(=O)Nc1ccc(-c2nc3c(c(N4CCOCC4)n2)CCN(c2ncc(F)cn2)[C@H]3C)cc1. The Labute approximate surface area is 208 Å². The van der Waals surface area contributed by atoms with E-state index in [1.54, 1.807) is 0 Å². The van der Waals surface area contributed by atoms with E-state index in [9.17, 15) is 9.18 Å². The first-order chi connectivity index (χ1) is 17.5. The Morgan fingerprint density at radius 3 is 2.53 bits per heavy atom. The molecule has 2 amide bonds. The van der Waals surface area contributed by atoms with Crippen LogP contribution in [-0.2, 0) is 11.2 Å². The van der Waals surface area contributed by atoms with Gasteiger partial charge < -0.3 is 25.2 Å². The summed E-state index contributed by atoms with van der Waals surface area (Å²) >= 11 is 0. The van der Waals surface area contributed by atoms with E-state index in [1.807, 2.05) is 36.1 Å². The van der Waals surface area contributed by atoms with Gasteiger partial charge in [-0.1, -0.05) is 0 Å². The van der Waals surface area contributed by atoms with Crippen LogP contribution in [0.5, 0.6) is 0 Å². The third kappa shape index (κ3) is 4.92. The van der Waals surface area contributed by atoms with E-state index in [0.717, 1.165) is 42.1 Å². The molecule has 0 spiro atoms. The Morgan fingerprint density at radius 2 is 1.83 bits per heavy atom. The van der Waals surface area contributed by atoms with Crippen LogP contribution in [0.1, 0.15) is 31.1 Å². The summed E-state index contributed by atoms with van der Waals surface area (Å²) in [6, 6.07) is 7.11. The third-order valence-electron chi connectivity index (χ3n) is 6.40. The Morgan fingerprint density at radius 1 is 1.11 bits per heavy atom. The summed E-state index contributed by atoms with van der Waals surface area (Å²) in [5.74, 6) is 1.54. The number of rotatable bonds is 5. The maximum absolute atomic E-state index is 13.4. The highest BCUT2D eigenvalue weighted by molar-refractivity contribution is 5.89. The van der Waals surface area contributed by atoms with Crippen molar-refractivity contribution in [1.29, 1.82) is 0 Å². The van der Waals surface area contributed by atoms with Gasteiger partial charge in [0, 0.05) is 43.0 Å². The molecular weight excluding hydrogens is 463 g/mol. The van der Waals surface area contributed by atoms with Crippen molar-refractivity contribution >= 4 is 23.5 Å². The molecule has 11 heteroatoms. The zero-order valence-corrected chi connectivity index (χ0v) is 20.4. The lowest BCUT2D eigenvalue weighted by molar-refractivity contribution is 0.122. The summed E-state index contributed by atoms with van der Waals surface area (Å²) < 4.78 is 19.0. The number of ether oxygens (including phenoxy) is 1. The van der Waals surface area contributed by atoms with Crippen LogP contribution in [0.3, 0.4) is 0 Å². The van der Waals surface area contributed by atoms with Crippen molar-refractivity contribution in [2.24, 2.45) is 0 Å². The highest BCUT2D eigenvalue weighted by Gasteiger charge is 2.32. The molecule has 3 aromatic rings. The minimum Gasteiger partial charge on any atom is -0.378 e. The van der Waals surface area contributed by atoms with Gasteiger partial charge in [0.25, 0.3) is 0 Å². The largest absolute Gasteiger partial charge is 0.378 e. The molecule has 1 fully saturated rings. The van der Waals surface area contributed by atoms with Crippen molar-refractivity contribution in [2.75, 3.05) is 54.5 Å². The molecule has 2 N–H and O–H groups in total. The summed E-state index contributed by atoms with van der Waals surface area (Å²) in [7, 11) is 0. The van der Waals surface area contributed by atoms with Crippen LogP contribution in [0.15, 0.2) is 36.7 Å². The number of aromatic nitrogens is 4. The smallest absolute Gasteiger partial charge is 0.319 e. The fourth-order valence-electron chi connectivity index (χ4n) is 4.58. The van der Waals surface area contributed by atoms with E-state index in [4.69, 9.17) is 14.7 Å². The standard InChI is InChI=1S/C25H29FN8O2/c1-3-27-25(35)30-19-6-4-17(5-7-19)22-31-21-16(2)34(24-28-14-18(26)15-29-24)9-8-20(21)23(32-22)33-10-12-36-13-11-33/h4-7,14-16H,3,8-13H2,1-2H3,(H2,27,30,35)/t16-/m0/s1. The zero-order chi connectivity index (χ0) is 25.1. The number of fused-ring (bicyclic) bond motifs is 1. The van der Waals surface area contributed by atoms with Crippen LogP contribution in [0, 0.1) is 5.82 Å². The number of halogens is 1. The number of nitrogens with zero attached hydrogens (tertiary/aromatic N) is 6. The van der Waals surface area contributed by atoms with Gasteiger partial charge in [0.1, 0.15) is 5.82 Å². The average Bonchev–Trinajstić information content (AvgIpc) is 2.90. The molecular formula is C25H29FN8O2. The monoisotopic (exact) mass is 492 g/mol. The van der Waals surface area contributed by atoms with Crippen molar-refractivity contribution in [3.05, 3.63) is 53.7 Å². The molecule has 5 rings (SSSR count). The van der Waals surface area contributed by atoms with E-state index < -0.39 is 5.82 Å². The highest BCUT2D eigenvalue weighted by atomic mass is 19.1. The number of urea groups is 1. The predicted molar refractivity (Wildman–Crippen MR) is 135 cm³/mol. The lowest BCUT2D eigenvalue weighted by Gasteiger charge is -2.37. The molecule has 1 aromatic carbocycles. The lowest BCUT2D eigenvalue weighted by Crippen LogP contribution is -2.41. The van der Waals surface area contributed by atoms with Gasteiger partial charge in [0.05, 0.1) is 37.3 Å². The molecule has 2 aromatic heterocycles. The molecule has 0 bridgehead atoms. The summed E-state index contributed by atoms with van der Waals surface area (Å²) in [4.78, 5) is 34.5. The van der Waals surface area contributed by atoms with Gasteiger partial charge in [-0.15, -0.1) is 0 Å². The normalized spacial score (nSPS) is 17.5. The second kappa shape index (κ2) is 10.4. The van der Waals surface area contributed by atoms with Crippen LogP contribution >= 0.6 is 0 Å². The molecule has 0 aliphatic carbocycles. The molecule has 1 atom stereocenters. The second-order valence-electron chi connectivity index (χ2n) is 8.72. The summed E-state index contributed by atoms with van der Waals surface area (Å²) in [6.45, 7) is 7.99. The number of carbonyl (C=O) groups is 1. The van der Waals surface area contributed by atoms with Gasteiger partial charge in [-0.3, -0.25) is 0 Å². The number of anilines is 3. The fourth-order valence-corrected chi connectivity index (χ4v) is 4.58. The number of hydrogen-bond donors (Lipinski definition) is 2. The van der Waals surface area contributed by atoms with Crippen LogP contribution in [-0.4, -0.2) is 65.4 Å². The number of benzene rings is 1. The number of amides is 2. The summed E-state index contributed by atoms with van der Waals surface area (Å²) in [5.41, 5.74) is 3.55. The molecule has 36 heavy (non-hydrogen) atoms. The van der Waals surface area contributed by atoms with Crippen molar-refractivity contribution in [2.45, 2.75) is 26.3 Å². The number of morpholine rings is 1. The number of nitrogens with one attached hydrogen (secondary N) is 2. The molecule has 1 saturated heterocycles. The Kier molecular flexibility index (Phi) is 6.90. The van der Waals surface area contributed by atoms with E-state index >= 15 is 0 Å². The molecule has 2 aliphatic rings. The van der Waals surface area contributed by atoms with Crippen LogP contribution < -0.4 is 20.4 Å². The number of hydrogen-bond acceptors (Lipinski definition) is 8. The van der Waals surface area contributed by atoms with Gasteiger partial charge >= 0.3 is 6.03 Å². The molecule has 0 saturated carbocycles. The third-order valence-corrected chi connectivity index (χ3v) is 6.40. The van der Waals surface area contributed by atoms with Gasteiger partial charge in [-0.25, -0.2) is 29.1 Å². The molecule has 188 valence electrons. The Hall–Kier alpha value is -3.86. The van der Waals surface area contributed by atoms with E-state index in [-0.39, 0.29) is 12.1 Å². The van der Waals surface area contributed by atoms with Crippen LogP contribution in [0.2, 0.25) is 0 Å².